The highest BCUT2D eigenvalue weighted by molar-refractivity contribution is 6.68. The Bertz CT molecular complexity index is 702. The molecule has 0 heterocycles. The Hall–Kier alpha value is -0.840. The van der Waals surface area contributed by atoms with Crippen LogP contribution in [-0.2, 0) is 0 Å². The molecule has 2 aromatic rings. The summed E-state index contributed by atoms with van der Waals surface area (Å²) in [6, 6.07) is 13.1. The van der Waals surface area contributed by atoms with Crippen molar-refractivity contribution in [2.75, 3.05) is 0 Å². The largest absolute Gasteiger partial charge is 0.464 e. The number of para-hydroxylation sites is 1. The van der Waals surface area contributed by atoms with Gasteiger partial charge in [0.2, 0.25) is 10.0 Å². The third-order valence-corrected chi connectivity index (χ3v) is 4.00. The van der Waals surface area contributed by atoms with Gasteiger partial charge in [-0.25, -0.2) is 0 Å². The van der Waals surface area contributed by atoms with Crippen LogP contribution in [0.1, 0.15) is 10.4 Å². The maximum atomic E-state index is 12.3. The lowest BCUT2D eigenvalue weighted by Gasteiger charge is -2.26. The average Bonchev–Trinajstić information content (AvgIpc) is 2.48. The first kappa shape index (κ1) is 18.5. The SMILES string of the molecule is O=C(NC(Oc1ccccc1Cl)C(Cl)(Cl)Cl)c1ccccc1Cl. The molecular formula is C15H10Cl5NO2. The van der Waals surface area contributed by atoms with Crippen molar-refractivity contribution in [3.8, 4) is 5.75 Å². The second kappa shape index (κ2) is 7.82. The van der Waals surface area contributed by atoms with Crippen molar-refractivity contribution in [2.24, 2.45) is 0 Å². The van der Waals surface area contributed by atoms with E-state index in [-0.39, 0.29) is 16.3 Å². The van der Waals surface area contributed by atoms with Crippen LogP contribution in [-0.4, -0.2) is 15.9 Å². The van der Waals surface area contributed by atoms with Crippen molar-refractivity contribution in [1.82, 2.24) is 5.32 Å². The van der Waals surface area contributed by atoms with E-state index in [1.165, 1.54) is 0 Å². The molecule has 1 amide bonds. The van der Waals surface area contributed by atoms with E-state index < -0.39 is 15.9 Å². The zero-order chi connectivity index (χ0) is 17.0. The molecule has 0 aliphatic rings. The number of rotatable bonds is 4. The molecule has 3 nitrogen and oxygen atoms in total. The van der Waals surface area contributed by atoms with Gasteiger partial charge in [-0.15, -0.1) is 0 Å². The third kappa shape index (κ3) is 5.07. The lowest BCUT2D eigenvalue weighted by atomic mass is 10.2. The quantitative estimate of drug-likeness (QED) is 0.531. The molecule has 1 atom stereocenters. The van der Waals surface area contributed by atoms with E-state index >= 15 is 0 Å². The van der Waals surface area contributed by atoms with Gasteiger partial charge in [0.05, 0.1) is 15.6 Å². The predicted molar refractivity (Wildman–Crippen MR) is 95.1 cm³/mol. The molecule has 0 aliphatic heterocycles. The van der Waals surface area contributed by atoms with Crippen LogP contribution in [0.4, 0.5) is 0 Å². The minimum Gasteiger partial charge on any atom is -0.464 e. The molecule has 1 N–H and O–H groups in total. The summed E-state index contributed by atoms with van der Waals surface area (Å²) in [5.74, 6) is -0.274. The molecule has 1 unspecified atom stereocenters. The van der Waals surface area contributed by atoms with E-state index in [9.17, 15) is 4.79 Å². The molecule has 23 heavy (non-hydrogen) atoms. The van der Waals surface area contributed by atoms with Gasteiger partial charge in [0.15, 0.2) is 0 Å². The minimum atomic E-state index is -1.92. The molecule has 0 saturated carbocycles. The first-order valence-corrected chi connectivity index (χ1v) is 8.21. The van der Waals surface area contributed by atoms with Gasteiger partial charge in [0, 0.05) is 0 Å². The van der Waals surface area contributed by atoms with Gasteiger partial charge in [-0.05, 0) is 24.3 Å². The van der Waals surface area contributed by atoms with Crippen LogP contribution < -0.4 is 10.1 Å². The zero-order valence-electron chi connectivity index (χ0n) is 11.4. The van der Waals surface area contributed by atoms with Crippen LogP contribution in [0.3, 0.4) is 0 Å². The Morgan fingerprint density at radius 2 is 1.52 bits per heavy atom. The summed E-state index contributed by atoms with van der Waals surface area (Å²) >= 11 is 29.7. The summed E-state index contributed by atoms with van der Waals surface area (Å²) in [6.45, 7) is 0. The molecule has 0 saturated heterocycles. The van der Waals surface area contributed by atoms with Gasteiger partial charge in [0.25, 0.3) is 5.91 Å². The average molecular weight is 414 g/mol. The highest BCUT2D eigenvalue weighted by Crippen LogP contribution is 2.34. The lowest BCUT2D eigenvalue weighted by Crippen LogP contribution is -2.48. The summed E-state index contributed by atoms with van der Waals surface area (Å²) in [6.07, 6.45) is -1.27. The number of hydrogen-bond acceptors (Lipinski definition) is 2. The summed E-state index contributed by atoms with van der Waals surface area (Å²) in [5, 5.41) is 3.08. The van der Waals surface area contributed by atoms with Gasteiger partial charge in [-0.2, -0.15) is 0 Å². The Labute approximate surface area is 158 Å². The lowest BCUT2D eigenvalue weighted by molar-refractivity contribution is 0.0833. The summed E-state index contributed by atoms with van der Waals surface area (Å²) in [5.41, 5.74) is 0.233. The predicted octanol–water partition coefficient (Wildman–Crippen LogP) is 5.50. The number of alkyl halides is 3. The molecule has 2 rings (SSSR count). The number of benzene rings is 2. The van der Waals surface area contributed by atoms with Crippen molar-refractivity contribution < 1.29 is 9.53 Å². The Kier molecular flexibility index (Phi) is 6.29. The fraction of sp³-hybridized carbons (Fsp3) is 0.133. The zero-order valence-corrected chi connectivity index (χ0v) is 15.2. The Morgan fingerprint density at radius 1 is 0.957 bits per heavy atom. The normalized spacial score (nSPS) is 12.6. The molecular weight excluding hydrogens is 403 g/mol. The van der Waals surface area contributed by atoms with Gasteiger partial charge in [-0.3, -0.25) is 4.79 Å². The molecule has 0 bridgehead atoms. The number of halogens is 5. The van der Waals surface area contributed by atoms with Gasteiger partial charge in [-0.1, -0.05) is 82.3 Å². The molecule has 0 aromatic heterocycles. The first-order chi connectivity index (χ1) is 10.8. The van der Waals surface area contributed by atoms with E-state index in [4.69, 9.17) is 62.7 Å². The summed E-state index contributed by atoms with van der Waals surface area (Å²) < 4.78 is 3.62. The van der Waals surface area contributed by atoms with E-state index in [1.807, 2.05) is 0 Å². The number of ether oxygens (including phenoxy) is 1. The molecule has 0 aliphatic carbocycles. The molecule has 0 radical (unpaired) electrons. The molecule has 122 valence electrons. The monoisotopic (exact) mass is 411 g/mol. The smallest absolute Gasteiger partial charge is 0.255 e. The standard InChI is InChI=1S/C15H10Cl5NO2/c16-10-6-2-1-5-9(10)13(22)21-14(15(18,19)20)23-12-8-4-3-7-11(12)17/h1-8,14H,(H,21,22). The number of nitrogens with one attached hydrogen (secondary N) is 1. The van der Waals surface area contributed by atoms with Gasteiger partial charge < -0.3 is 10.1 Å². The van der Waals surface area contributed by atoms with Crippen molar-refractivity contribution in [3.05, 3.63) is 64.1 Å². The number of amides is 1. The second-order valence-electron chi connectivity index (χ2n) is 4.42. The molecule has 0 spiro atoms. The second-order valence-corrected chi connectivity index (χ2v) is 7.61. The molecule has 2 aromatic carbocycles. The van der Waals surface area contributed by atoms with Crippen molar-refractivity contribution >= 4 is 63.9 Å². The van der Waals surface area contributed by atoms with E-state index in [0.29, 0.717) is 5.02 Å². The van der Waals surface area contributed by atoms with Crippen LogP contribution in [0.2, 0.25) is 10.0 Å². The van der Waals surface area contributed by atoms with E-state index in [2.05, 4.69) is 5.32 Å². The Balaban J connectivity index is 2.22. The van der Waals surface area contributed by atoms with Crippen LogP contribution in [0.25, 0.3) is 0 Å². The fourth-order valence-corrected chi connectivity index (χ4v) is 2.39. The van der Waals surface area contributed by atoms with Crippen LogP contribution >= 0.6 is 58.0 Å². The van der Waals surface area contributed by atoms with E-state index in [1.54, 1.807) is 48.5 Å². The van der Waals surface area contributed by atoms with Crippen LogP contribution in [0, 0.1) is 0 Å². The topological polar surface area (TPSA) is 38.3 Å². The summed E-state index contributed by atoms with van der Waals surface area (Å²) in [4.78, 5) is 12.3. The maximum absolute atomic E-state index is 12.3. The number of hydrogen-bond donors (Lipinski definition) is 1. The summed E-state index contributed by atoms with van der Waals surface area (Å²) in [7, 11) is 0. The van der Waals surface area contributed by atoms with Crippen molar-refractivity contribution in [3.63, 3.8) is 0 Å². The molecule has 8 heteroatoms. The van der Waals surface area contributed by atoms with Crippen LogP contribution in [0.5, 0.6) is 5.75 Å². The van der Waals surface area contributed by atoms with Crippen LogP contribution in [0.15, 0.2) is 48.5 Å². The highest BCUT2D eigenvalue weighted by Gasteiger charge is 2.37. The first-order valence-electron chi connectivity index (χ1n) is 6.32. The van der Waals surface area contributed by atoms with E-state index in [0.717, 1.165) is 0 Å². The number of carbonyl (C=O) groups is 1. The maximum Gasteiger partial charge on any atom is 0.255 e. The van der Waals surface area contributed by atoms with Crippen molar-refractivity contribution in [1.29, 1.82) is 0 Å². The third-order valence-electron chi connectivity index (χ3n) is 2.76. The highest BCUT2D eigenvalue weighted by atomic mass is 35.6. The van der Waals surface area contributed by atoms with Crippen molar-refractivity contribution in [2.45, 2.75) is 10.0 Å². The fourth-order valence-electron chi connectivity index (χ4n) is 1.69. The minimum absolute atomic E-state index is 0.233. The number of carbonyl (C=O) groups excluding carboxylic acids is 1. The van der Waals surface area contributed by atoms with Gasteiger partial charge in [0.1, 0.15) is 5.75 Å². The Morgan fingerprint density at radius 3 is 2.09 bits per heavy atom. The van der Waals surface area contributed by atoms with Gasteiger partial charge >= 0.3 is 0 Å². The molecule has 0 fully saturated rings.